The Kier molecular flexibility index (Phi) is 5.91. The number of nitrogens with one attached hydrogen (secondary N) is 1. The van der Waals surface area contributed by atoms with Gasteiger partial charge >= 0.3 is 6.18 Å². The second-order valence-corrected chi connectivity index (χ2v) is 4.94. The number of aromatic nitrogens is 1. The predicted molar refractivity (Wildman–Crippen MR) is 71.4 cm³/mol. The maximum absolute atomic E-state index is 12.5. The van der Waals surface area contributed by atoms with Gasteiger partial charge in [0.15, 0.2) is 0 Å². The lowest BCUT2D eigenvalue weighted by Gasteiger charge is -2.20. The third-order valence-electron chi connectivity index (χ3n) is 3.08. The van der Waals surface area contributed by atoms with Crippen LogP contribution >= 0.6 is 11.6 Å². The first-order chi connectivity index (χ1) is 8.88. The zero-order valence-electron chi connectivity index (χ0n) is 11.0. The van der Waals surface area contributed by atoms with E-state index in [0.29, 0.717) is 12.5 Å². The second kappa shape index (κ2) is 6.98. The van der Waals surface area contributed by atoms with E-state index in [0.717, 1.165) is 18.9 Å². The smallest absolute Gasteiger partial charge is 0.369 e. The summed E-state index contributed by atoms with van der Waals surface area (Å²) >= 11 is 6.21. The van der Waals surface area contributed by atoms with Crippen LogP contribution in [0.15, 0.2) is 18.2 Å². The number of alkyl halides is 4. The summed E-state index contributed by atoms with van der Waals surface area (Å²) in [5, 5.41) is 2.74. The Bertz CT molecular complexity index is 392. The lowest BCUT2D eigenvalue weighted by atomic mass is 9.99. The Hall–Kier alpha value is -0.970. The summed E-state index contributed by atoms with van der Waals surface area (Å²) in [7, 11) is 0. The molecule has 0 aliphatic carbocycles. The van der Waals surface area contributed by atoms with E-state index >= 15 is 0 Å². The fourth-order valence-electron chi connectivity index (χ4n) is 1.86. The molecule has 0 saturated heterocycles. The van der Waals surface area contributed by atoms with Crippen molar-refractivity contribution < 1.29 is 13.2 Å². The molecule has 0 aromatic carbocycles. The summed E-state index contributed by atoms with van der Waals surface area (Å²) in [5.74, 6) is 0.548. The molecule has 1 unspecified atom stereocenters. The first-order valence-electron chi connectivity index (χ1n) is 6.30. The van der Waals surface area contributed by atoms with E-state index < -0.39 is 11.9 Å². The SMILES string of the molecule is CCC(CC)C(Cl)CNc1cccc(C(F)(F)F)n1. The molecule has 0 spiro atoms. The minimum Gasteiger partial charge on any atom is -0.369 e. The Morgan fingerprint density at radius 2 is 1.89 bits per heavy atom. The zero-order chi connectivity index (χ0) is 14.5. The molecule has 1 N–H and O–H groups in total. The van der Waals surface area contributed by atoms with Crippen LogP contribution in [0, 0.1) is 5.92 Å². The van der Waals surface area contributed by atoms with Crippen molar-refractivity contribution in [3.8, 4) is 0 Å². The monoisotopic (exact) mass is 294 g/mol. The minimum atomic E-state index is -4.42. The fourth-order valence-corrected chi connectivity index (χ4v) is 2.29. The zero-order valence-corrected chi connectivity index (χ0v) is 11.7. The van der Waals surface area contributed by atoms with Gasteiger partial charge in [-0.15, -0.1) is 11.6 Å². The summed E-state index contributed by atoms with van der Waals surface area (Å²) < 4.78 is 37.5. The van der Waals surface area contributed by atoms with Gasteiger partial charge in [-0.3, -0.25) is 0 Å². The minimum absolute atomic E-state index is 0.119. The molecule has 0 fully saturated rings. The molecular formula is C13H18ClF3N2. The van der Waals surface area contributed by atoms with Crippen LogP contribution in [0.2, 0.25) is 0 Å². The maximum atomic E-state index is 12.5. The molecule has 0 aliphatic heterocycles. The number of anilines is 1. The predicted octanol–water partition coefficient (Wildman–Crippen LogP) is 4.56. The van der Waals surface area contributed by atoms with Crippen molar-refractivity contribution in [2.75, 3.05) is 11.9 Å². The van der Waals surface area contributed by atoms with Crippen molar-refractivity contribution in [1.82, 2.24) is 4.98 Å². The molecule has 1 atom stereocenters. The largest absolute Gasteiger partial charge is 0.433 e. The van der Waals surface area contributed by atoms with Gasteiger partial charge < -0.3 is 5.32 Å². The van der Waals surface area contributed by atoms with Crippen LogP contribution in [0.5, 0.6) is 0 Å². The van der Waals surface area contributed by atoms with E-state index in [9.17, 15) is 13.2 Å². The van der Waals surface area contributed by atoms with E-state index in [1.807, 2.05) is 13.8 Å². The molecule has 0 radical (unpaired) electrons. The Morgan fingerprint density at radius 3 is 2.42 bits per heavy atom. The van der Waals surface area contributed by atoms with Crippen LogP contribution < -0.4 is 5.32 Å². The molecule has 19 heavy (non-hydrogen) atoms. The average molecular weight is 295 g/mol. The third kappa shape index (κ3) is 4.90. The van der Waals surface area contributed by atoms with Crippen LogP contribution in [0.25, 0.3) is 0 Å². The van der Waals surface area contributed by atoms with E-state index in [1.165, 1.54) is 12.1 Å². The van der Waals surface area contributed by atoms with Gasteiger partial charge in [0, 0.05) is 6.54 Å². The molecule has 0 bridgehead atoms. The highest BCUT2D eigenvalue weighted by molar-refractivity contribution is 6.21. The number of hydrogen-bond donors (Lipinski definition) is 1. The second-order valence-electron chi connectivity index (χ2n) is 4.38. The van der Waals surface area contributed by atoms with Gasteiger partial charge in [0.2, 0.25) is 0 Å². The number of hydrogen-bond acceptors (Lipinski definition) is 2. The Labute approximate surface area is 116 Å². The van der Waals surface area contributed by atoms with Gasteiger partial charge in [-0.2, -0.15) is 13.2 Å². The molecule has 2 nitrogen and oxygen atoms in total. The van der Waals surface area contributed by atoms with E-state index in [4.69, 9.17) is 11.6 Å². The van der Waals surface area contributed by atoms with Crippen LogP contribution in [0.1, 0.15) is 32.4 Å². The van der Waals surface area contributed by atoms with Crippen molar-refractivity contribution in [1.29, 1.82) is 0 Å². The van der Waals surface area contributed by atoms with Gasteiger partial charge in [-0.05, 0) is 18.1 Å². The normalized spacial score (nSPS) is 13.6. The quantitative estimate of drug-likeness (QED) is 0.778. The highest BCUT2D eigenvalue weighted by Gasteiger charge is 2.32. The standard InChI is InChI=1S/C13H18ClF3N2/c1-3-9(4-2)10(14)8-18-12-7-5-6-11(19-12)13(15,16)17/h5-7,9-10H,3-4,8H2,1-2H3,(H,18,19). The van der Waals surface area contributed by atoms with Gasteiger partial charge in [-0.25, -0.2) is 4.98 Å². The van der Waals surface area contributed by atoms with Crippen LogP contribution in [0.4, 0.5) is 19.0 Å². The fraction of sp³-hybridized carbons (Fsp3) is 0.615. The number of pyridine rings is 1. The van der Waals surface area contributed by atoms with Crippen LogP contribution in [-0.2, 0) is 6.18 Å². The lowest BCUT2D eigenvalue weighted by Crippen LogP contribution is -2.23. The molecule has 0 saturated carbocycles. The first-order valence-corrected chi connectivity index (χ1v) is 6.74. The molecular weight excluding hydrogens is 277 g/mol. The summed E-state index contributed by atoms with van der Waals surface area (Å²) in [6.45, 7) is 4.50. The summed E-state index contributed by atoms with van der Waals surface area (Å²) in [4.78, 5) is 3.53. The number of rotatable bonds is 6. The first kappa shape index (κ1) is 16.1. The van der Waals surface area contributed by atoms with E-state index in [1.54, 1.807) is 0 Å². The number of nitrogens with zero attached hydrogens (tertiary/aromatic N) is 1. The topological polar surface area (TPSA) is 24.9 Å². The average Bonchev–Trinajstić information content (AvgIpc) is 2.37. The Balaban J connectivity index is 2.63. The summed E-state index contributed by atoms with van der Waals surface area (Å²) in [5.41, 5.74) is -0.897. The lowest BCUT2D eigenvalue weighted by molar-refractivity contribution is -0.141. The van der Waals surface area contributed by atoms with Gasteiger partial charge in [0.25, 0.3) is 0 Å². The summed E-state index contributed by atoms with van der Waals surface area (Å²) in [6.07, 6.45) is -2.53. The molecule has 1 rings (SSSR count). The van der Waals surface area contributed by atoms with Crippen molar-refractivity contribution in [3.05, 3.63) is 23.9 Å². The van der Waals surface area contributed by atoms with Crippen molar-refractivity contribution in [3.63, 3.8) is 0 Å². The number of halogens is 4. The highest BCUT2D eigenvalue weighted by atomic mass is 35.5. The van der Waals surface area contributed by atoms with E-state index in [2.05, 4.69) is 10.3 Å². The van der Waals surface area contributed by atoms with Crippen molar-refractivity contribution >= 4 is 17.4 Å². The van der Waals surface area contributed by atoms with E-state index in [-0.39, 0.29) is 11.2 Å². The van der Waals surface area contributed by atoms with Crippen molar-refractivity contribution in [2.24, 2.45) is 5.92 Å². The van der Waals surface area contributed by atoms with Crippen LogP contribution in [-0.4, -0.2) is 16.9 Å². The van der Waals surface area contributed by atoms with Gasteiger partial charge in [-0.1, -0.05) is 32.8 Å². The van der Waals surface area contributed by atoms with Crippen LogP contribution in [0.3, 0.4) is 0 Å². The maximum Gasteiger partial charge on any atom is 0.433 e. The Morgan fingerprint density at radius 1 is 1.26 bits per heavy atom. The van der Waals surface area contributed by atoms with Gasteiger partial charge in [0.1, 0.15) is 11.5 Å². The molecule has 1 aromatic rings. The molecule has 0 aliphatic rings. The molecule has 1 heterocycles. The highest BCUT2D eigenvalue weighted by Crippen LogP contribution is 2.28. The molecule has 1 aromatic heterocycles. The third-order valence-corrected chi connectivity index (χ3v) is 3.59. The summed E-state index contributed by atoms with van der Waals surface area (Å²) in [6, 6.07) is 3.79. The molecule has 6 heteroatoms. The van der Waals surface area contributed by atoms with Crippen molar-refractivity contribution in [2.45, 2.75) is 38.2 Å². The van der Waals surface area contributed by atoms with Gasteiger partial charge in [0.05, 0.1) is 5.38 Å². The molecule has 0 amide bonds. The molecule has 108 valence electrons.